The second-order valence-corrected chi connectivity index (χ2v) is 5.90. The van der Waals surface area contributed by atoms with E-state index in [4.69, 9.17) is 10.5 Å². The number of rotatable bonds is 3. The molecule has 3 rings (SSSR count). The predicted octanol–water partition coefficient (Wildman–Crippen LogP) is -0.0899. The molecule has 3 aliphatic rings. The zero-order valence-corrected chi connectivity index (χ0v) is 11.7. The van der Waals surface area contributed by atoms with E-state index in [0.717, 1.165) is 0 Å². The van der Waals surface area contributed by atoms with E-state index in [0.29, 0.717) is 45.7 Å². The molecule has 0 bridgehead atoms. The predicted molar refractivity (Wildman–Crippen MR) is 69.9 cm³/mol. The SMILES string of the molecule is CCC1(N2CCOCC2)N(C(=O)O)CC2CC21C(N)=O. The first-order chi connectivity index (χ1) is 9.50. The fourth-order valence-corrected chi connectivity index (χ4v) is 4.50. The molecule has 0 aromatic rings. The molecule has 20 heavy (non-hydrogen) atoms. The summed E-state index contributed by atoms with van der Waals surface area (Å²) in [5, 5.41) is 9.56. The summed E-state index contributed by atoms with van der Waals surface area (Å²) >= 11 is 0. The molecule has 3 unspecified atom stereocenters. The van der Waals surface area contributed by atoms with E-state index in [1.54, 1.807) is 0 Å². The Hall–Kier alpha value is -1.34. The van der Waals surface area contributed by atoms with E-state index >= 15 is 0 Å². The van der Waals surface area contributed by atoms with Crippen LogP contribution in [-0.2, 0) is 9.53 Å². The van der Waals surface area contributed by atoms with Crippen molar-refractivity contribution >= 4 is 12.0 Å². The Kier molecular flexibility index (Phi) is 2.95. The van der Waals surface area contributed by atoms with Crippen molar-refractivity contribution in [1.29, 1.82) is 0 Å². The van der Waals surface area contributed by atoms with E-state index in [9.17, 15) is 14.7 Å². The summed E-state index contributed by atoms with van der Waals surface area (Å²) in [6.45, 7) is 4.75. The molecular weight excluding hydrogens is 262 g/mol. The Morgan fingerprint density at radius 1 is 1.40 bits per heavy atom. The van der Waals surface area contributed by atoms with Crippen molar-refractivity contribution < 1.29 is 19.4 Å². The third-order valence-corrected chi connectivity index (χ3v) is 5.37. The van der Waals surface area contributed by atoms with Gasteiger partial charge in [-0.2, -0.15) is 0 Å². The fraction of sp³-hybridized carbons (Fsp3) is 0.846. The number of carboxylic acid groups (broad SMARTS) is 1. The highest BCUT2D eigenvalue weighted by molar-refractivity contribution is 5.88. The highest BCUT2D eigenvalue weighted by Gasteiger charge is 2.79. The molecule has 0 aromatic heterocycles. The average Bonchev–Trinajstić information content (AvgIpc) is 3.10. The van der Waals surface area contributed by atoms with E-state index in [1.165, 1.54) is 4.90 Å². The molecule has 112 valence electrons. The molecule has 7 nitrogen and oxygen atoms in total. The Balaban J connectivity index is 2.05. The topological polar surface area (TPSA) is 96.1 Å². The molecule has 1 aliphatic carbocycles. The molecule has 7 heteroatoms. The van der Waals surface area contributed by atoms with E-state index in [-0.39, 0.29) is 11.8 Å². The molecule has 3 N–H and O–H groups in total. The molecule has 2 amide bonds. The van der Waals surface area contributed by atoms with Crippen LogP contribution in [-0.4, -0.2) is 65.4 Å². The zero-order chi connectivity index (χ0) is 14.5. The van der Waals surface area contributed by atoms with Gasteiger partial charge in [-0.3, -0.25) is 14.6 Å². The van der Waals surface area contributed by atoms with Crippen LogP contribution in [0.15, 0.2) is 0 Å². The molecule has 0 radical (unpaired) electrons. The van der Waals surface area contributed by atoms with Crippen molar-refractivity contribution in [2.75, 3.05) is 32.8 Å². The summed E-state index contributed by atoms with van der Waals surface area (Å²) in [4.78, 5) is 27.3. The number of carbonyl (C=O) groups is 2. The van der Waals surface area contributed by atoms with Crippen LogP contribution in [0.5, 0.6) is 0 Å². The Morgan fingerprint density at radius 2 is 2.05 bits per heavy atom. The second kappa shape index (κ2) is 4.33. The van der Waals surface area contributed by atoms with Gasteiger partial charge in [-0.05, 0) is 18.8 Å². The van der Waals surface area contributed by atoms with Crippen molar-refractivity contribution in [1.82, 2.24) is 9.80 Å². The summed E-state index contributed by atoms with van der Waals surface area (Å²) in [6, 6.07) is 0. The van der Waals surface area contributed by atoms with Crippen molar-refractivity contribution in [3.8, 4) is 0 Å². The number of nitrogens with zero attached hydrogens (tertiary/aromatic N) is 2. The molecule has 2 heterocycles. The molecule has 3 atom stereocenters. The van der Waals surface area contributed by atoms with Crippen LogP contribution in [0.25, 0.3) is 0 Å². The minimum absolute atomic E-state index is 0.0684. The van der Waals surface area contributed by atoms with Crippen LogP contribution in [0.4, 0.5) is 4.79 Å². The Labute approximate surface area is 117 Å². The van der Waals surface area contributed by atoms with Gasteiger partial charge in [-0.1, -0.05) is 6.92 Å². The maximum Gasteiger partial charge on any atom is 0.408 e. The first-order valence-electron chi connectivity index (χ1n) is 7.14. The first kappa shape index (κ1) is 13.6. The molecule has 2 saturated heterocycles. The van der Waals surface area contributed by atoms with Crippen molar-refractivity contribution in [3.05, 3.63) is 0 Å². The normalized spacial score (nSPS) is 40.5. The quantitative estimate of drug-likeness (QED) is 0.754. The van der Waals surface area contributed by atoms with Crippen molar-refractivity contribution in [2.24, 2.45) is 17.1 Å². The number of nitrogens with two attached hydrogens (primary N) is 1. The molecule has 0 spiro atoms. The van der Waals surface area contributed by atoms with Gasteiger partial charge < -0.3 is 15.6 Å². The van der Waals surface area contributed by atoms with Crippen molar-refractivity contribution in [2.45, 2.75) is 25.4 Å². The van der Waals surface area contributed by atoms with Crippen LogP contribution in [0, 0.1) is 11.3 Å². The maximum absolute atomic E-state index is 12.1. The van der Waals surface area contributed by atoms with Crippen LogP contribution in [0.1, 0.15) is 19.8 Å². The highest BCUT2D eigenvalue weighted by Crippen LogP contribution is 2.68. The van der Waals surface area contributed by atoms with Crippen LogP contribution < -0.4 is 5.73 Å². The number of hydrogen-bond acceptors (Lipinski definition) is 4. The van der Waals surface area contributed by atoms with E-state index in [2.05, 4.69) is 4.90 Å². The molecule has 3 fully saturated rings. The number of morpholine rings is 1. The number of carbonyl (C=O) groups excluding carboxylic acids is 1. The number of ether oxygens (including phenoxy) is 1. The van der Waals surface area contributed by atoms with Crippen LogP contribution in [0.3, 0.4) is 0 Å². The molecule has 1 saturated carbocycles. The molecule has 0 aromatic carbocycles. The minimum Gasteiger partial charge on any atom is -0.465 e. The fourth-order valence-electron chi connectivity index (χ4n) is 4.50. The Bertz CT molecular complexity index is 451. The molecule has 2 aliphatic heterocycles. The minimum atomic E-state index is -0.967. The smallest absolute Gasteiger partial charge is 0.408 e. The van der Waals surface area contributed by atoms with Crippen molar-refractivity contribution in [3.63, 3.8) is 0 Å². The number of likely N-dealkylation sites (tertiary alicyclic amines) is 1. The lowest BCUT2D eigenvalue weighted by Crippen LogP contribution is -2.68. The molecular formula is C13H21N3O4. The van der Waals surface area contributed by atoms with Gasteiger partial charge in [0.1, 0.15) is 5.66 Å². The summed E-state index contributed by atoms with van der Waals surface area (Å²) in [6.07, 6.45) is 0.307. The summed E-state index contributed by atoms with van der Waals surface area (Å²) in [7, 11) is 0. The van der Waals surface area contributed by atoms with Gasteiger partial charge in [0.05, 0.1) is 18.6 Å². The van der Waals surface area contributed by atoms with Gasteiger partial charge in [-0.15, -0.1) is 0 Å². The lowest BCUT2D eigenvalue weighted by Gasteiger charge is -2.51. The number of piperidine rings is 1. The number of hydrogen-bond donors (Lipinski definition) is 2. The van der Waals surface area contributed by atoms with Gasteiger partial charge >= 0.3 is 6.09 Å². The third-order valence-electron chi connectivity index (χ3n) is 5.37. The van der Waals surface area contributed by atoms with Crippen LogP contribution in [0.2, 0.25) is 0 Å². The highest BCUT2D eigenvalue weighted by atomic mass is 16.5. The van der Waals surface area contributed by atoms with Gasteiger partial charge in [-0.25, -0.2) is 4.79 Å². The standard InChI is InChI=1S/C13H21N3O4/c1-2-13(15-3-5-20-6-4-15)12(10(14)17)7-9(12)8-16(13)11(18)19/h9H,2-8H2,1H3,(H2,14,17)(H,18,19). The lowest BCUT2D eigenvalue weighted by atomic mass is 9.83. The average molecular weight is 283 g/mol. The van der Waals surface area contributed by atoms with Gasteiger partial charge in [0.15, 0.2) is 0 Å². The third kappa shape index (κ3) is 1.42. The maximum atomic E-state index is 12.1. The summed E-state index contributed by atoms with van der Waals surface area (Å²) in [5.74, 6) is -0.293. The van der Waals surface area contributed by atoms with Gasteiger partial charge in [0.2, 0.25) is 5.91 Å². The number of primary amides is 1. The van der Waals surface area contributed by atoms with E-state index in [1.807, 2.05) is 6.92 Å². The van der Waals surface area contributed by atoms with Crippen LogP contribution >= 0.6 is 0 Å². The summed E-state index contributed by atoms with van der Waals surface area (Å²) in [5.41, 5.74) is 4.17. The monoisotopic (exact) mass is 283 g/mol. The Morgan fingerprint density at radius 3 is 2.55 bits per heavy atom. The van der Waals surface area contributed by atoms with E-state index < -0.39 is 17.2 Å². The van der Waals surface area contributed by atoms with Gasteiger partial charge in [0.25, 0.3) is 0 Å². The van der Waals surface area contributed by atoms with Gasteiger partial charge in [0, 0.05) is 19.6 Å². The number of fused-ring (bicyclic) bond motifs is 1. The lowest BCUT2D eigenvalue weighted by molar-refractivity contribution is -0.145. The first-order valence-corrected chi connectivity index (χ1v) is 7.14. The second-order valence-electron chi connectivity index (χ2n) is 5.90. The number of amides is 2. The largest absolute Gasteiger partial charge is 0.465 e. The zero-order valence-electron chi connectivity index (χ0n) is 11.7. The summed E-state index contributed by atoms with van der Waals surface area (Å²) < 4.78 is 5.36.